The average molecular weight is 387 g/mol. The van der Waals surface area contributed by atoms with E-state index in [1.807, 2.05) is 0 Å². The third-order valence-corrected chi connectivity index (χ3v) is 4.18. The van der Waals surface area contributed by atoms with Crippen molar-refractivity contribution in [3.63, 3.8) is 0 Å². The molecule has 0 fully saturated rings. The Hall–Kier alpha value is -3.47. The van der Waals surface area contributed by atoms with Crippen LogP contribution >= 0.6 is 11.3 Å². The van der Waals surface area contributed by atoms with Crippen molar-refractivity contribution >= 4 is 40.2 Å². The molecule has 0 aliphatic rings. The Morgan fingerprint density at radius 2 is 2.15 bits per heavy atom. The minimum Gasteiger partial charge on any atom is -0.288 e. The number of nitrogens with zero attached hydrogens (tertiary/aromatic N) is 5. The number of anilines is 3. The fraction of sp³-hybridized carbons (Fsp3) is 0.125. The van der Waals surface area contributed by atoms with Gasteiger partial charge in [-0.25, -0.2) is 14.8 Å². The van der Waals surface area contributed by atoms with E-state index in [0.717, 1.165) is 11.3 Å². The summed E-state index contributed by atoms with van der Waals surface area (Å²) in [5, 5.41) is 13.3. The molecule has 0 bridgehead atoms. The zero-order chi connectivity index (χ0) is 19.4. The van der Waals surface area contributed by atoms with E-state index >= 15 is 0 Å². The third kappa shape index (κ3) is 4.20. The topological polar surface area (TPSA) is 116 Å². The van der Waals surface area contributed by atoms with Crippen molar-refractivity contribution < 1.29 is 9.18 Å². The fourth-order valence-electron chi connectivity index (χ4n) is 2.08. The summed E-state index contributed by atoms with van der Waals surface area (Å²) in [4.78, 5) is 31.4. The summed E-state index contributed by atoms with van der Waals surface area (Å²) in [5.74, 6) is -0.820. The molecule has 0 aliphatic carbocycles. The molecule has 0 saturated heterocycles. The van der Waals surface area contributed by atoms with E-state index in [2.05, 4.69) is 30.7 Å². The molecule has 2 N–H and O–H groups in total. The molecular formula is C16H14FN7O2S. The first-order valence-corrected chi connectivity index (χ1v) is 8.57. The quantitative estimate of drug-likeness (QED) is 0.512. The fourth-order valence-corrected chi connectivity index (χ4v) is 2.91. The van der Waals surface area contributed by atoms with Crippen LogP contribution in [0.5, 0.6) is 0 Å². The lowest BCUT2D eigenvalue weighted by Crippen LogP contribution is -2.23. The number of benzene rings is 1. The Labute approximate surface area is 156 Å². The molecule has 0 atom stereocenters. The molecule has 2 heterocycles. The van der Waals surface area contributed by atoms with Crippen LogP contribution in [0.2, 0.25) is 0 Å². The number of para-hydroxylation sites is 1. The van der Waals surface area contributed by atoms with Gasteiger partial charge in [-0.3, -0.25) is 19.5 Å². The van der Waals surface area contributed by atoms with Crippen LogP contribution in [-0.2, 0) is 4.79 Å². The number of aryl methyl sites for hydroxylation is 1. The molecule has 0 unspecified atom stereocenters. The molecule has 2 aromatic heterocycles. The number of halogens is 1. The van der Waals surface area contributed by atoms with Gasteiger partial charge in [0, 0.05) is 12.3 Å². The van der Waals surface area contributed by atoms with Crippen LogP contribution in [-0.4, -0.2) is 32.3 Å². The number of H-pyrrole nitrogens is 1. The van der Waals surface area contributed by atoms with E-state index in [0.29, 0.717) is 10.8 Å². The number of carbonyl (C=O) groups excluding carboxylic acids is 1. The smallest absolute Gasteiger partial charge is 0.274 e. The molecule has 0 radical (unpaired) electrons. The van der Waals surface area contributed by atoms with Gasteiger partial charge in [0.25, 0.3) is 5.56 Å². The minimum absolute atomic E-state index is 0.0778. The maximum absolute atomic E-state index is 14.0. The lowest BCUT2D eigenvalue weighted by Gasteiger charge is -2.18. The van der Waals surface area contributed by atoms with Crippen LogP contribution in [0.15, 0.2) is 39.5 Å². The monoisotopic (exact) mass is 387 g/mol. The molecule has 0 aliphatic heterocycles. The summed E-state index contributed by atoms with van der Waals surface area (Å²) in [5.41, 5.74) is 2.95. The Morgan fingerprint density at radius 3 is 2.85 bits per heavy atom. The van der Waals surface area contributed by atoms with Crippen LogP contribution in [0.1, 0.15) is 18.3 Å². The Balaban J connectivity index is 1.78. The second-order valence-electron chi connectivity index (χ2n) is 5.32. The van der Waals surface area contributed by atoms with Gasteiger partial charge >= 0.3 is 0 Å². The highest BCUT2D eigenvalue weighted by atomic mass is 32.1. The normalized spacial score (nSPS) is 10.9. The van der Waals surface area contributed by atoms with Crippen LogP contribution < -0.4 is 15.9 Å². The molecule has 9 nitrogen and oxygen atoms in total. The van der Waals surface area contributed by atoms with Crippen molar-refractivity contribution in [3.8, 4) is 0 Å². The first kappa shape index (κ1) is 18.3. The van der Waals surface area contributed by atoms with Crippen molar-refractivity contribution in [2.24, 2.45) is 5.10 Å². The van der Waals surface area contributed by atoms with Crippen LogP contribution in [0.3, 0.4) is 0 Å². The number of amides is 1. The van der Waals surface area contributed by atoms with Gasteiger partial charge in [-0.2, -0.15) is 5.10 Å². The Kier molecular flexibility index (Phi) is 5.31. The molecule has 11 heteroatoms. The average Bonchev–Trinajstić information content (AvgIpc) is 3.08. The summed E-state index contributed by atoms with van der Waals surface area (Å²) in [6.45, 7) is 2.86. The molecule has 1 aromatic carbocycles. The van der Waals surface area contributed by atoms with Gasteiger partial charge in [-0.15, -0.1) is 21.5 Å². The van der Waals surface area contributed by atoms with Gasteiger partial charge < -0.3 is 0 Å². The first-order valence-electron chi connectivity index (χ1n) is 7.69. The zero-order valence-corrected chi connectivity index (χ0v) is 15.1. The van der Waals surface area contributed by atoms with Crippen LogP contribution in [0.4, 0.5) is 21.2 Å². The summed E-state index contributed by atoms with van der Waals surface area (Å²) in [6.07, 6.45) is 1.37. The highest BCUT2D eigenvalue weighted by Crippen LogP contribution is 2.30. The highest BCUT2D eigenvalue weighted by molar-refractivity contribution is 7.14. The SMILES string of the molecule is CC(=O)N(c1nc(/C=N\Nc2nnc(C)c(=O)[nH]2)cs1)c1ccccc1F. The van der Waals surface area contributed by atoms with Gasteiger partial charge in [0.05, 0.1) is 17.6 Å². The van der Waals surface area contributed by atoms with Gasteiger partial charge in [0.15, 0.2) is 5.13 Å². The van der Waals surface area contributed by atoms with Crippen LogP contribution in [0, 0.1) is 12.7 Å². The van der Waals surface area contributed by atoms with E-state index in [1.165, 1.54) is 37.1 Å². The van der Waals surface area contributed by atoms with Crippen molar-refractivity contribution in [3.05, 3.63) is 57.2 Å². The molecule has 0 saturated carbocycles. The number of aromatic nitrogens is 4. The predicted molar refractivity (Wildman–Crippen MR) is 99.9 cm³/mol. The van der Waals surface area contributed by atoms with E-state index in [9.17, 15) is 14.0 Å². The Bertz CT molecular complexity index is 1060. The maximum atomic E-state index is 14.0. The summed E-state index contributed by atoms with van der Waals surface area (Å²) in [6, 6.07) is 5.95. The predicted octanol–water partition coefficient (Wildman–Crippen LogP) is 2.20. The molecule has 138 valence electrons. The molecule has 27 heavy (non-hydrogen) atoms. The molecule has 0 spiro atoms. The first-order chi connectivity index (χ1) is 13.0. The van der Waals surface area contributed by atoms with Gasteiger partial charge in [-0.1, -0.05) is 12.1 Å². The number of rotatable bonds is 5. The molecular weight excluding hydrogens is 373 g/mol. The minimum atomic E-state index is -0.526. The molecule has 1 amide bonds. The number of aromatic amines is 1. The number of hydrazone groups is 1. The second kappa shape index (κ2) is 7.83. The lowest BCUT2D eigenvalue weighted by molar-refractivity contribution is -0.115. The number of hydrogen-bond acceptors (Lipinski definition) is 8. The number of thiazole rings is 1. The van der Waals surface area contributed by atoms with Gasteiger partial charge in [-0.05, 0) is 19.1 Å². The van der Waals surface area contributed by atoms with Crippen molar-refractivity contribution in [2.45, 2.75) is 13.8 Å². The van der Waals surface area contributed by atoms with Crippen molar-refractivity contribution in [2.75, 3.05) is 10.3 Å². The van der Waals surface area contributed by atoms with E-state index in [4.69, 9.17) is 0 Å². The van der Waals surface area contributed by atoms with Crippen molar-refractivity contribution in [1.82, 2.24) is 20.2 Å². The highest BCUT2D eigenvalue weighted by Gasteiger charge is 2.20. The summed E-state index contributed by atoms with van der Waals surface area (Å²) < 4.78 is 14.0. The summed E-state index contributed by atoms with van der Waals surface area (Å²) in [7, 11) is 0. The van der Waals surface area contributed by atoms with Crippen LogP contribution in [0.25, 0.3) is 0 Å². The van der Waals surface area contributed by atoms with Gasteiger partial charge in [0.1, 0.15) is 11.5 Å². The summed E-state index contributed by atoms with van der Waals surface area (Å²) >= 11 is 1.16. The molecule has 3 aromatic rings. The zero-order valence-electron chi connectivity index (χ0n) is 14.3. The lowest BCUT2D eigenvalue weighted by atomic mass is 10.3. The third-order valence-electron chi connectivity index (χ3n) is 3.34. The van der Waals surface area contributed by atoms with E-state index in [-0.39, 0.29) is 28.8 Å². The van der Waals surface area contributed by atoms with Gasteiger partial charge in [0.2, 0.25) is 11.9 Å². The second-order valence-corrected chi connectivity index (χ2v) is 6.16. The number of hydrogen-bond donors (Lipinski definition) is 2. The number of carbonyl (C=O) groups is 1. The van der Waals surface area contributed by atoms with E-state index < -0.39 is 5.82 Å². The largest absolute Gasteiger partial charge is 0.288 e. The maximum Gasteiger partial charge on any atom is 0.274 e. The standard InChI is InChI=1S/C16H14FN7O2S/c1-9-14(26)20-15(23-21-9)22-18-7-11-8-27-16(19-11)24(10(2)25)13-6-4-3-5-12(13)17/h3-8H,1-2H3,(H2,20,22,23,26)/b18-7-. The van der Waals surface area contributed by atoms with Crippen molar-refractivity contribution in [1.29, 1.82) is 0 Å². The Morgan fingerprint density at radius 1 is 1.37 bits per heavy atom. The van der Waals surface area contributed by atoms with E-state index in [1.54, 1.807) is 17.5 Å². The molecule has 3 rings (SSSR count). The number of nitrogens with one attached hydrogen (secondary N) is 2.